The minimum Gasteiger partial charge on any atom is -0.398 e. The molecule has 0 aliphatic heterocycles. The van der Waals surface area contributed by atoms with Crippen molar-refractivity contribution in [2.24, 2.45) is 0 Å². The molecule has 0 spiro atoms. The molecule has 2 N–H and O–H groups in total. The molecular formula is C14H24FN3. The Labute approximate surface area is 109 Å². The highest BCUT2D eigenvalue weighted by Gasteiger charge is 2.08. The number of nitrogens with zero attached hydrogens (tertiary/aromatic N) is 2. The first-order valence-corrected chi connectivity index (χ1v) is 6.44. The lowest BCUT2D eigenvalue weighted by atomic mass is 10.1. The summed E-state index contributed by atoms with van der Waals surface area (Å²) in [6.45, 7) is 5.83. The third-order valence-corrected chi connectivity index (χ3v) is 2.90. The molecule has 0 unspecified atom stereocenters. The van der Waals surface area contributed by atoms with E-state index in [2.05, 4.69) is 30.8 Å². The van der Waals surface area contributed by atoms with E-state index >= 15 is 0 Å². The number of nitrogens with two attached hydrogens (primary N) is 1. The first-order valence-electron chi connectivity index (χ1n) is 6.44. The third-order valence-electron chi connectivity index (χ3n) is 2.90. The zero-order valence-electron chi connectivity index (χ0n) is 11.6. The van der Waals surface area contributed by atoms with Crippen LogP contribution in [0.15, 0.2) is 18.2 Å². The lowest BCUT2D eigenvalue weighted by Crippen LogP contribution is -2.32. The third kappa shape index (κ3) is 5.02. The van der Waals surface area contributed by atoms with Crippen LogP contribution in [-0.2, 0) is 6.54 Å². The van der Waals surface area contributed by atoms with Crippen LogP contribution in [0.5, 0.6) is 0 Å². The topological polar surface area (TPSA) is 32.5 Å². The van der Waals surface area contributed by atoms with Crippen LogP contribution in [0, 0.1) is 5.82 Å². The molecule has 0 atom stereocenters. The van der Waals surface area contributed by atoms with Crippen molar-refractivity contribution >= 4 is 5.69 Å². The lowest BCUT2D eigenvalue weighted by molar-refractivity contribution is 0.234. The highest BCUT2D eigenvalue weighted by molar-refractivity contribution is 5.46. The summed E-state index contributed by atoms with van der Waals surface area (Å²) < 4.78 is 13.2. The summed E-state index contributed by atoms with van der Waals surface area (Å²) in [6, 6.07) is 4.58. The molecular weight excluding hydrogens is 229 g/mol. The van der Waals surface area contributed by atoms with Gasteiger partial charge in [-0.1, -0.05) is 6.92 Å². The van der Waals surface area contributed by atoms with Gasteiger partial charge in [-0.15, -0.1) is 0 Å². The predicted octanol–water partition coefficient (Wildman–Crippen LogP) is 2.18. The molecule has 3 nitrogen and oxygen atoms in total. The van der Waals surface area contributed by atoms with E-state index in [-0.39, 0.29) is 5.82 Å². The number of halogens is 1. The van der Waals surface area contributed by atoms with Crippen LogP contribution in [0.4, 0.5) is 10.1 Å². The average molecular weight is 253 g/mol. The van der Waals surface area contributed by atoms with Crippen LogP contribution < -0.4 is 5.73 Å². The molecule has 0 heterocycles. The summed E-state index contributed by atoms with van der Waals surface area (Å²) in [5, 5.41) is 0. The number of likely N-dealkylation sites (N-methyl/N-ethyl adjacent to an activating group) is 1. The average Bonchev–Trinajstić information content (AvgIpc) is 2.31. The molecule has 0 fully saturated rings. The van der Waals surface area contributed by atoms with Crippen molar-refractivity contribution in [2.45, 2.75) is 19.9 Å². The summed E-state index contributed by atoms with van der Waals surface area (Å²) in [5.74, 6) is -0.219. The van der Waals surface area contributed by atoms with Crippen LogP contribution in [0.1, 0.15) is 18.9 Å². The maximum atomic E-state index is 13.2. The molecule has 0 amide bonds. The first kappa shape index (κ1) is 14.9. The first-order chi connectivity index (χ1) is 8.52. The van der Waals surface area contributed by atoms with Gasteiger partial charge in [-0.05, 0) is 50.8 Å². The second-order valence-corrected chi connectivity index (χ2v) is 4.92. The molecule has 1 aromatic carbocycles. The zero-order valence-corrected chi connectivity index (χ0v) is 11.6. The van der Waals surface area contributed by atoms with Crippen molar-refractivity contribution in [3.8, 4) is 0 Å². The Balaban J connectivity index is 2.66. The van der Waals surface area contributed by atoms with Crippen LogP contribution in [0.25, 0.3) is 0 Å². The van der Waals surface area contributed by atoms with Crippen molar-refractivity contribution in [3.63, 3.8) is 0 Å². The van der Waals surface area contributed by atoms with E-state index in [1.807, 2.05) is 0 Å². The number of rotatable bonds is 7. The van der Waals surface area contributed by atoms with Crippen molar-refractivity contribution in [1.82, 2.24) is 9.80 Å². The monoisotopic (exact) mass is 253 g/mol. The van der Waals surface area contributed by atoms with Crippen LogP contribution in [0.2, 0.25) is 0 Å². The Hall–Kier alpha value is -1.13. The van der Waals surface area contributed by atoms with Gasteiger partial charge in [0, 0.05) is 25.3 Å². The van der Waals surface area contributed by atoms with Gasteiger partial charge in [-0.2, -0.15) is 0 Å². The maximum Gasteiger partial charge on any atom is 0.123 e. The number of hydrogen-bond acceptors (Lipinski definition) is 3. The minimum absolute atomic E-state index is 0.219. The van der Waals surface area contributed by atoms with Gasteiger partial charge in [0.25, 0.3) is 0 Å². The normalized spacial score (nSPS) is 11.4. The second kappa shape index (κ2) is 7.34. The molecule has 0 bridgehead atoms. The maximum absolute atomic E-state index is 13.2. The number of benzene rings is 1. The Bertz CT molecular complexity index is 366. The highest BCUT2D eigenvalue weighted by Crippen LogP contribution is 2.15. The van der Waals surface area contributed by atoms with Crippen LogP contribution in [0.3, 0.4) is 0 Å². The van der Waals surface area contributed by atoms with Gasteiger partial charge in [0.15, 0.2) is 0 Å². The van der Waals surface area contributed by atoms with Gasteiger partial charge in [-0.25, -0.2) is 4.39 Å². The van der Waals surface area contributed by atoms with E-state index < -0.39 is 0 Å². The molecule has 1 rings (SSSR count). The smallest absolute Gasteiger partial charge is 0.123 e. The van der Waals surface area contributed by atoms with Crippen molar-refractivity contribution in [2.75, 3.05) is 39.5 Å². The summed E-state index contributed by atoms with van der Waals surface area (Å²) in [4.78, 5) is 4.46. The molecule has 0 radical (unpaired) electrons. The minimum atomic E-state index is -0.219. The summed E-state index contributed by atoms with van der Waals surface area (Å²) in [5.41, 5.74) is 7.43. The second-order valence-electron chi connectivity index (χ2n) is 4.92. The van der Waals surface area contributed by atoms with Crippen LogP contribution >= 0.6 is 0 Å². The number of anilines is 1. The van der Waals surface area contributed by atoms with Gasteiger partial charge in [0.05, 0.1) is 0 Å². The van der Waals surface area contributed by atoms with E-state index in [0.717, 1.165) is 31.6 Å². The van der Waals surface area contributed by atoms with E-state index in [1.165, 1.54) is 12.1 Å². The van der Waals surface area contributed by atoms with Gasteiger partial charge < -0.3 is 10.6 Å². The molecule has 0 aromatic heterocycles. The standard InChI is InChI=1S/C14H24FN3/c1-4-7-18(9-8-17(2)3)11-12-10-13(15)5-6-14(12)16/h5-6,10H,4,7-9,11,16H2,1-3H3. The fourth-order valence-electron chi connectivity index (χ4n) is 1.88. The molecule has 18 heavy (non-hydrogen) atoms. The largest absolute Gasteiger partial charge is 0.398 e. The van der Waals surface area contributed by atoms with E-state index in [9.17, 15) is 4.39 Å². The number of hydrogen-bond donors (Lipinski definition) is 1. The summed E-state index contributed by atoms with van der Waals surface area (Å²) in [6.07, 6.45) is 1.09. The quantitative estimate of drug-likeness (QED) is 0.756. The fraction of sp³-hybridized carbons (Fsp3) is 0.571. The zero-order chi connectivity index (χ0) is 13.5. The molecule has 0 aliphatic rings. The van der Waals surface area contributed by atoms with Gasteiger partial charge in [0.1, 0.15) is 5.82 Å². The van der Waals surface area contributed by atoms with Gasteiger partial charge >= 0.3 is 0 Å². The fourth-order valence-corrected chi connectivity index (χ4v) is 1.88. The Morgan fingerprint density at radius 1 is 1.17 bits per heavy atom. The van der Waals surface area contributed by atoms with E-state index in [4.69, 9.17) is 5.73 Å². The molecule has 0 saturated carbocycles. The van der Waals surface area contributed by atoms with Crippen LogP contribution in [-0.4, -0.2) is 43.5 Å². The summed E-state index contributed by atoms with van der Waals surface area (Å²) >= 11 is 0. The van der Waals surface area contributed by atoms with E-state index in [0.29, 0.717) is 12.2 Å². The number of nitrogen functional groups attached to an aromatic ring is 1. The Kier molecular flexibility index (Phi) is 6.09. The predicted molar refractivity (Wildman–Crippen MR) is 74.9 cm³/mol. The molecule has 0 saturated heterocycles. The molecule has 4 heteroatoms. The van der Waals surface area contributed by atoms with Gasteiger partial charge in [-0.3, -0.25) is 4.90 Å². The summed E-state index contributed by atoms with van der Waals surface area (Å²) in [7, 11) is 4.11. The molecule has 0 aliphatic carbocycles. The Morgan fingerprint density at radius 2 is 1.89 bits per heavy atom. The highest BCUT2D eigenvalue weighted by atomic mass is 19.1. The van der Waals surface area contributed by atoms with E-state index in [1.54, 1.807) is 6.07 Å². The van der Waals surface area contributed by atoms with Crippen molar-refractivity contribution in [1.29, 1.82) is 0 Å². The van der Waals surface area contributed by atoms with Crippen molar-refractivity contribution in [3.05, 3.63) is 29.6 Å². The van der Waals surface area contributed by atoms with Gasteiger partial charge in [0.2, 0.25) is 0 Å². The van der Waals surface area contributed by atoms with Crippen molar-refractivity contribution < 1.29 is 4.39 Å². The molecule has 1 aromatic rings. The lowest BCUT2D eigenvalue weighted by Gasteiger charge is -2.24. The SMILES string of the molecule is CCCN(CCN(C)C)Cc1cc(F)ccc1N. The Morgan fingerprint density at radius 3 is 2.50 bits per heavy atom. The molecule has 102 valence electrons.